The summed E-state index contributed by atoms with van der Waals surface area (Å²) in [6.45, 7) is 9.28. The van der Waals surface area contributed by atoms with Gasteiger partial charge in [0, 0.05) is 6.04 Å². The van der Waals surface area contributed by atoms with Gasteiger partial charge in [0.15, 0.2) is 0 Å². The van der Waals surface area contributed by atoms with Gasteiger partial charge >= 0.3 is 0 Å². The van der Waals surface area contributed by atoms with Gasteiger partial charge in [-0.05, 0) is 37.1 Å². The Bertz CT molecular complexity index is 777. The Kier molecular flexibility index (Phi) is 4.56. The van der Waals surface area contributed by atoms with E-state index in [0.717, 1.165) is 29.4 Å². The number of rotatable bonds is 6. The number of hydrogen-bond donors (Lipinski definition) is 1. The van der Waals surface area contributed by atoms with Crippen LogP contribution in [0.25, 0.3) is 10.2 Å². The van der Waals surface area contributed by atoms with Crippen LogP contribution in [-0.4, -0.2) is 30.8 Å². The molecular weight excluding hydrogens is 308 g/mol. The lowest BCUT2D eigenvalue weighted by Gasteiger charge is -2.16. The van der Waals surface area contributed by atoms with E-state index in [0.29, 0.717) is 5.92 Å². The number of aromatic nitrogens is 5. The van der Waals surface area contributed by atoms with Gasteiger partial charge in [-0.15, -0.1) is 11.3 Å². The van der Waals surface area contributed by atoms with Crippen LogP contribution in [0.5, 0.6) is 0 Å². The maximum atomic E-state index is 4.65. The minimum atomic E-state index is 0.195. The van der Waals surface area contributed by atoms with Crippen LogP contribution in [0.1, 0.15) is 32.2 Å². The van der Waals surface area contributed by atoms with Crippen LogP contribution in [0.15, 0.2) is 18.0 Å². The van der Waals surface area contributed by atoms with E-state index in [2.05, 4.69) is 51.5 Å². The van der Waals surface area contributed by atoms with Crippen molar-refractivity contribution < 1.29 is 0 Å². The Morgan fingerprint density at radius 3 is 2.78 bits per heavy atom. The summed E-state index contributed by atoms with van der Waals surface area (Å²) in [5.74, 6) is 2.33. The van der Waals surface area contributed by atoms with Gasteiger partial charge in [0.05, 0.1) is 11.9 Å². The van der Waals surface area contributed by atoms with Crippen LogP contribution in [0.2, 0.25) is 0 Å². The van der Waals surface area contributed by atoms with Gasteiger partial charge < -0.3 is 5.32 Å². The van der Waals surface area contributed by atoms with Crippen molar-refractivity contribution in [2.45, 2.75) is 46.7 Å². The predicted octanol–water partition coefficient (Wildman–Crippen LogP) is 3.29. The molecule has 0 fully saturated rings. The first-order valence-electron chi connectivity index (χ1n) is 7.86. The second-order valence-electron chi connectivity index (χ2n) is 6.32. The summed E-state index contributed by atoms with van der Waals surface area (Å²) in [6.07, 6.45) is 4.33. The molecule has 0 aliphatic carbocycles. The zero-order chi connectivity index (χ0) is 16.4. The third-order valence-electron chi connectivity index (χ3n) is 3.56. The van der Waals surface area contributed by atoms with Gasteiger partial charge in [0.2, 0.25) is 0 Å². The lowest BCUT2D eigenvalue weighted by atomic mass is 10.0. The second-order valence-corrected chi connectivity index (χ2v) is 7.18. The number of nitrogens with zero attached hydrogens (tertiary/aromatic N) is 5. The molecule has 0 radical (unpaired) electrons. The van der Waals surface area contributed by atoms with Crippen LogP contribution < -0.4 is 5.32 Å². The fourth-order valence-electron chi connectivity index (χ4n) is 2.69. The molecular formula is C16H22N6S. The standard InChI is InChI=1S/C16H22N6S/c1-10(2)5-13-7-23-16-14(13)15(20-12(4)21-16)19-11(3)6-22-9-17-8-18-22/h7-11H,5-6H2,1-4H3,(H,19,20,21)/t11-/m1/s1. The lowest BCUT2D eigenvalue weighted by molar-refractivity contribution is 0.558. The van der Waals surface area contributed by atoms with E-state index >= 15 is 0 Å². The molecule has 3 aromatic rings. The first kappa shape index (κ1) is 15.9. The fourth-order valence-corrected chi connectivity index (χ4v) is 3.69. The van der Waals surface area contributed by atoms with Crippen LogP contribution in [0.4, 0.5) is 5.82 Å². The maximum absolute atomic E-state index is 4.65. The largest absolute Gasteiger partial charge is 0.365 e. The number of fused-ring (bicyclic) bond motifs is 1. The molecule has 6 nitrogen and oxygen atoms in total. The topological polar surface area (TPSA) is 68.5 Å². The Morgan fingerprint density at radius 2 is 2.09 bits per heavy atom. The summed E-state index contributed by atoms with van der Waals surface area (Å²) in [7, 11) is 0. The predicted molar refractivity (Wildman–Crippen MR) is 93.8 cm³/mol. The van der Waals surface area contributed by atoms with Crippen LogP contribution in [-0.2, 0) is 13.0 Å². The smallest absolute Gasteiger partial charge is 0.139 e. The van der Waals surface area contributed by atoms with E-state index in [9.17, 15) is 0 Å². The Balaban J connectivity index is 1.90. The molecule has 7 heteroatoms. The van der Waals surface area contributed by atoms with Crippen LogP contribution >= 0.6 is 11.3 Å². The van der Waals surface area contributed by atoms with Gasteiger partial charge in [-0.2, -0.15) is 5.10 Å². The van der Waals surface area contributed by atoms with E-state index in [1.165, 1.54) is 10.9 Å². The molecule has 0 aliphatic rings. The molecule has 3 heterocycles. The Labute approximate surface area is 140 Å². The van der Waals surface area contributed by atoms with E-state index in [1.54, 1.807) is 24.0 Å². The van der Waals surface area contributed by atoms with E-state index < -0.39 is 0 Å². The fraction of sp³-hybridized carbons (Fsp3) is 0.500. The molecule has 0 bridgehead atoms. The highest BCUT2D eigenvalue weighted by Crippen LogP contribution is 2.32. The number of aryl methyl sites for hydroxylation is 1. The number of hydrogen-bond acceptors (Lipinski definition) is 6. The average Bonchev–Trinajstić information content (AvgIpc) is 3.08. The highest BCUT2D eigenvalue weighted by Gasteiger charge is 2.15. The van der Waals surface area contributed by atoms with Crippen molar-refractivity contribution in [2.24, 2.45) is 5.92 Å². The summed E-state index contributed by atoms with van der Waals surface area (Å²) in [5, 5.41) is 11.1. The molecule has 0 saturated carbocycles. The first-order chi connectivity index (χ1) is 11.0. The zero-order valence-electron chi connectivity index (χ0n) is 13.9. The molecule has 3 rings (SSSR count). The van der Waals surface area contributed by atoms with Crippen molar-refractivity contribution >= 4 is 27.4 Å². The SMILES string of the molecule is Cc1nc(N[C@H](C)Cn2cncn2)c2c(CC(C)C)csc2n1. The van der Waals surface area contributed by atoms with Crippen LogP contribution in [0, 0.1) is 12.8 Å². The third kappa shape index (κ3) is 3.67. The minimum Gasteiger partial charge on any atom is -0.365 e. The van der Waals surface area contributed by atoms with Gasteiger partial charge in [-0.1, -0.05) is 13.8 Å². The Morgan fingerprint density at radius 1 is 1.26 bits per heavy atom. The lowest BCUT2D eigenvalue weighted by Crippen LogP contribution is -2.23. The number of nitrogens with one attached hydrogen (secondary N) is 1. The molecule has 23 heavy (non-hydrogen) atoms. The highest BCUT2D eigenvalue weighted by atomic mass is 32.1. The summed E-state index contributed by atoms with van der Waals surface area (Å²) >= 11 is 1.70. The van der Waals surface area contributed by atoms with Gasteiger partial charge in [0.1, 0.15) is 29.1 Å². The second kappa shape index (κ2) is 6.62. The molecule has 0 saturated heterocycles. The molecule has 3 aromatic heterocycles. The summed E-state index contributed by atoms with van der Waals surface area (Å²) in [6, 6.07) is 0.195. The van der Waals surface area contributed by atoms with E-state index in [-0.39, 0.29) is 6.04 Å². The summed E-state index contributed by atoms with van der Waals surface area (Å²) < 4.78 is 1.82. The quantitative estimate of drug-likeness (QED) is 0.751. The molecule has 0 aromatic carbocycles. The van der Waals surface area contributed by atoms with Gasteiger partial charge in [0.25, 0.3) is 0 Å². The molecule has 0 unspecified atom stereocenters. The number of anilines is 1. The minimum absolute atomic E-state index is 0.195. The molecule has 122 valence electrons. The first-order valence-corrected chi connectivity index (χ1v) is 8.74. The van der Waals surface area contributed by atoms with Crippen molar-refractivity contribution in [3.8, 4) is 0 Å². The molecule has 1 N–H and O–H groups in total. The van der Waals surface area contributed by atoms with E-state index in [1.807, 2.05) is 11.6 Å². The Hall–Kier alpha value is -2.02. The van der Waals surface area contributed by atoms with Crippen molar-refractivity contribution in [3.63, 3.8) is 0 Å². The van der Waals surface area contributed by atoms with Gasteiger partial charge in [-0.3, -0.25) is 4.68 Å². The van der Waals surface area contributed by atoms with E-state index in [4.69, 9.17) is 0 Å². The van der Waals surface area contributed by atoms with Crippen molar-refractivity contribution in [2.75, 3.05) is 5.32 Å². The molecule has 0 aliphatic heterocycles. The summed E-state index contributed by atoms with van der Waals surface area (Å²) in [5.41, 5.74) is 1.33. The zero-order valence-corrected chi connectivity index (χ0v) is 14.8. The third-order valence-corrected chi connectivity index (χ3v) is 4.48. The van der Waals surface area contributed by atoms with Crippen molar-refractivity contribution in [1.29, 1.82) is 0 Å². The summed E-state index contributed by atoms with van der Waals surface area (Å²) in [4.78, 5) is 14.3. The molecule has 0 spiro atoms. The normalized spacial score (nSPS) is 12.9. The molecule has 1 atom stereocenters. The van der Waals surface area contributed by atoms with Crippen molar-refractivity contribution in [3.05, 3.63) is 29.4 Å². The van der Waals surface area contributed by atoms with Crippen molar-refractivity contribution in [1.82, 2.24) is 24.7 Å². The maximum Gasteiger partial charge on any atom is 0.139 e. The van der Waals surface area contributed by atoms with Crippen LogP contribution in [0.3, 0.4) is 0 Å². The van der Waals surface area contributed by atoms with Gasteiger partial charge in [-0.25, -0.2) is 15.0 Å². The highest BCUT2D eigenvalue weighted by molar-refractivity contribution is 7.17. The number of thiophene rings is 1. The monoisotopic (exact) mass is 330 g/mol. The molecule has 0 amide bonds. The average molecular weight is 330 g/mol.